The number of fused-ring (bicyclic) bond motifs is 3. The Balaban J connectivity index is 1.42. The predicted molar refractivity (Wildman–Crippen MR) is 118 cm³/mol. The average molecular weight is 424 g/mol. The fourth-order valence-electron chi connectivity index (χ4n) is 4.08. The molecule has 1 saturated heterocycles. The van der Waals surface area contributed by atoms with E-state index in [0.717, 1.165) is 65.8 Å². The van der Waals surface area contributed by atoms with Gasteiger partial charge in [0.05, 0.1) is 19.3 Å². The number of piperazine rings is 1. The molecule has 2 aromatic carbocycles. The van der Waals surface area contributed by atoms with Crippen molar-refractivity contribution in [3.8, 4) is 5.75 Å². The zero-order valence-electron chi connectivity index (χ0n) is 18.1. The van der Waals surface area contributed by atoms with Gasteiger partial charge in [0.1, 0.15) is 17.9 Å². The number of rotatable bonds is 7. The highest BCUT2D eigenvalue weighted by Crippen LogP contribution is 2.32. The molecule has 164 valence electrons. The number of hydrogen-bond acceptors (Lipinski definition) is 6. The van der Waals surface area contributed by atoms with Gasteiger partial charge in [-0.05, 0) is 42.0 Å². The van der Waals surface area contributed by atoms with Gasteiger partial charge in [0.2, 0.25) is 5.91 Å². The Morgan fingerprint density at radius 3 is 2.65 bits per heavy atom. The Hall–Kier alpha value is -3.06. The molecule has 1 amide bonds. The van der Waals surface area contributed by atoms with Crippen molar-refractivity contribution in [1.82, 2.24) is 9.80 Å². The van der Waals surface area contributed by atoms with E-state index >= 15 is 0 Å². The summed E-state index contributed by atoms with van der Waals surface area (Å²) in [5.74, 6) is 0.695. The zero-order valence-corrected chi connectivity index (χ0v) is 18.1. The molecule has 0 spiro atoms. The van der Waals surface area contributed by atoms with Crippen LogP contribution in [0.5, 0.6) is 5.75 Å². The van der Waals surface area contributed by atoms with Crippen molar-refractivity contribution in [2.75, 3.05) is 45.9 Å². The second-order valence-corrected chi connectivity index (χ2v) is 7.76. The van der Waals surface area contributed by atoms with Crippen molar-refractivity contribution < 1.29 is 23.5 Å². The maximum Gasteiger partial charge on any atom is 0.310 e. The summed E-state index contributed by atoms with van der Waals surface area (Å²) in [5, 5.41) is 3.00. The van der Waals surface area contributed by atoms with Crippen LogP contribution in [0.2, 0.25) is 0 Å². The lowest BCUT2D eigenvalue weighted by atomic mass is 10.0. The zero-order chi connectivity index (χ0) is 21.8. The highest BCUT2D eigenvalue weighted by Gasteiger charge is 2.18. The fraction of sp³-hybridized carbons (Fsp3) is 0.417. The molecule has 2 heterocycles. The van der Waals surface area contributed by atoms with Gasteiger partial charge < -0.3 is 18.8 Å². The van der Waals surface area contributed by atoms with Crippen molar-refractivity contribution in [1.29, 1.82) is 0 Å². The molecule has 0 radical (unpaired) electrons. The van der Waals surface area contributed by atoms with E-state index in [9.17, 15) is 9.59 Å². The highest BCUT2D eigenvalue weighted by molar-refractivity contribution is 6.08. The summed E-state index contributed by atoms with van der Waals surface area (Å²) in [4.78, 5) is 27.6. The summed E-state index contributed by atoms with van der Waals surface area (Å²) < 4.78 is 16.7. The first-order chi connectivity index (χ1) is 15.0. The second kappa shape index (κ2) is 9.39. The molecule has 0 saturated carbocycles. The number of furan rings is 1. The number of carbonyl (C=O) groups is 2. The van der Waals surface area contributed by atoms with Crippen LogP contribution in [0.25, 0.3) is 21.7 Å². The largest absolute Gasteiger partial charge is 0.492 e. The molecule has 1 aliphatic rings. The third kappa shape index (κ3) is 4.82. The smallest absolute Gasteiger partial charge is 0.310 e. The average Bonchev–Trinajstić information content (AvgIpc) is 3.17. The molecule has 1 aliphatic heterocycles. The Bertz CT molecular complexity index is 1080. The number of amides is 1. The van der Waals surface area contributed by atoms with E-state index in [2.05, 4.69) is 4.90 Å². The molecule has 0 atom stereocenters. The molecule has 31 heavy (non-hydrogen) atoms. The Morgan fingerprint density at radius 1 is 1.10 bits per heavy atom. The Labute approximate surface area is 181 Å². The number of esters is 1. The molecule has 0 bridgehead atoms. The van der Waals surface area contributed by atoms with Crippen LogP contribution in [0.3, 0.4) is 0 Å². The van der Waals surface area contributed by atoms with Gasteiger partial charge in [0.25, 0.3) is 0 Å². The first kappa shape index (κ1) is 21.2. The summed E-state index contributed by atoms with van der Waals surface area (Å²) in [6.07, 6.45) is 1.83. The van der Waals surface area contributed by atoms with Crippen molar-refractivity contribution in [2.45, 2.75) is 20.3 Å². The van der Waals surface area contributed by atoms with E-state index in [1.165, 1.54) is 0 Å². The van der Waals surface area contributed by atoms with Gasteiger partial charge in [-0.15, -0.1) is 0 Å². The van der Waals surface area contributed by atoms with Gasteiger partial charge >= 0.3 is 5.97 Å². The minimum Gasteiger partial charge on any atom is -0.492 e. The van der Waals surface area contributed by atoms with Gasteiger partial charge in [0.15, 0.2) is 0 Å². The number of carbonyl (C=O) groups excluding carboxylic acids is 2. The quantitative estimate of drug-likeness (QED) is 0.542. The number of benzene rings is 2. The second-order valence-electron chi connectivity index (χ2n) is 7.76. The normalized spacial score (nSPS) is 14.8. The third-order valence-corrected chi connectivity index (χ3v) is 5.74. The fourth-order valence-corrected chi connectivity index (χ4v) is 4.08. The van der Waals surface area contributed by atoms with E-state index in [4.69, 9.17) is 13.9 Å². The van der Waals surface area contributed by atoms with E-state index in [1.54, 1.807) is 20.1 Å². The van der Waals surface area contributed by atoms with Crippen LogP contribution in [0.1, 0.15) is 19.4 Å². The number of hydrogen-bond donors (Lipinski definition) is 0. The first-order valence-corrected chi connectivity index (χ1v) is 10.7. The van der Waals surface area contributed by atoms with E-state index < -0.39 is 0 Å². The molecular weight excluding hydrogens is 396 g/mol. The molecule has 0 unspecified atom stereocenters. The first-order valence-electron chi connectivity index (χ1n) is 10.7. The lowest BCUT2D eigenvalue weighted by Gasteiger charge is -2.34. The van der Waals surface area contributed by atoms with Crippen LogP contribution < -0.4 is 4.74 Å². The van der Waals surface area contributed by atoms with E-state index in [1.807, 2.05) is 35.2 Å². The molecular formula is C24H28N2O5. The van der Waals surface area contributed by atoms with Crippen LogP contribution in [0.15, 0.2) is 41.0 Å². The molecule has 7 heteroatoms. The lowest BCUT2D eigenvalue weighted by Crippen LogP contribution is -2.48. The number of ether oxygens (including phenoxy) is 2. The van der Waals surface area contributed by atoms with Crippen LogP contribution in [0, 0.1) is 0 Å². The topological polar surface area (TPSA) is 72.2 Å². The van der Waals surface area contributed by atoms with Crippen LogP contribution in [-0.2, 0) is 20.7 Å². The minimum absolute atomic E-state index is 0.143. The molecule has 7 nitrogen and oxygen atoms in total. The Morgan fingerprint density at radius 2 is 1.90 bits per heavy atom. The van der Waals surface area contributed by atoms with Crippen molar-refractivity contribution in [3.05, 3.63) is 42.2 Å². The summed E-state index contributed by atoms with van der Waals surface area (Å²) in [5.41, 5.74) is 1.59. The van der Waals surface area contributed by atoms with Gasteiger partial charge in [-0.2, -0.15) is 0 Å². The third-order valence-electron chi connectivity index (χ3n) is 5.74. The standard InChI is InChI=1S/C24H28N2O5/c1-3-29-23(28)15-19-16-31-22-7-4-18-14-20(5-6-21(18)24(19)22)30-13-12-25-8-10-26(11-9-25)17(2)27/h4-7,14,16H,3,8-13,15H2,1-2H3. The summed E-state index contributed by atoms with van der Waals surface area (Å²) >= 11 is 0. The Kier molecular flexibility index (Phi) is 6.42. The van der Waals surface area contributed by atoms with Crippen LogP contribution in [0.4, 0.5) is 0 Å². The summed E-state index contributed by atoms with van der Waals surface area (Å²) in [6, 6.07) is 9.91. The van der Waals surface area contributed by atoms with Crippen molar-refractivity contribution in [3.63, 3.8) is 0 Å². The van der Waals surface area contributed by atoms with Crippen molar-refractivity contribution >= 4 is 33.6 Å². The molecule has 1 fully saturated rings. The SMILES string of the molecule is CCOC(=O)Cc1coc2ccc3cc(OCCN4CCN(C(C)=O)CC4)ccc3c12. The maximum atomic E-state index is 11.9. The van der Waals surface area contributed by atoms with E-state index in [0.29, 0.717) is 13.2 Å². The highest BCUT2D eigenvalue weighted by atomic mass is 16.5. The maximum absolute atomic E-state index is 11.9. The molecule has 3 aromatic rings. The van der Waals surface area contributed by atoms with Gasteiger partial charge in [-0.1, -0.05) is 6.07 Å². The summed E-state index contributed by atoms with van der Waals surface area (Å²) in [7, 11) is 0. The molecule has 1 aromatic heterocycles. The predicted octanol–water partition coefficient (Wildman–Crippen LogP) is 3.23. The van der Waals surface area contributed by atoms with Crippen molar-refractivity contribution in [2.24, 2.45) is 0 Å². The van der Waals surface area contributed by atoms with Gasteiger partial charge in [-0.3, -0.25) is 14.5 Å². The molecule has 4 rings (SSSR count). The monoisotopic (exact) mass is 424 g/mol. The molecule has 0 aliphatic carbocycles. The van der Waals surface area contributed by atoms with Gasteiger partial charge in [-0.25, -0.2) is 0 Å². The van der Waals surface area contributed by atoms with E-state index in [-0.39, 0.29) is 18.3 Å². The lowest BCUT2D eigenvalue weighted by molar-refractivity contribution is -0.142. The van der Waals surface area contributed by atoms with Crippen LogP contribution >= 0.6 is 0 Å². The van der Waals surface area contributed by atoms with Crippen LogP contribution in [-0.4, -0.2) is 67.6 Å². The minimum atomic E-state index is -0.258. The number of nitrogens with zero attached hydrogens (tertiary/aromatic N) is 2. The molecule has 0 N–H and O–H groups in total. The summed E-state index contributed by atoms with van der Waals surface area (Å²) in [6.45, 7) is 8.51. The van der Waals surface area contributed by atoms with Gasteiger partial charge in [0, 0.05) is 50.6 Å².